The third kappa shape index (κ3) is 3.73. The van der Waals surface area contributed by atoms with E-state index in [1.54, 1.807) is 10.9 Å². The minimum atomic E-state index is -0.0516. The fraction of sp³-hybridized carbons (Fsp3) is 0.292. The molecule has 4 aromatic heterocycles. The highest BCUT2D eigenvalue weighted by Crippen LogP contribution is 2.39. The van der Waals surface area contributed by atoms with E-state index in [9.17, 15) is 4.79 Å². The molecule has 0 amide bonds. The highest BCUT2D eigenvalue weighted by atomic mass is 35.5. The van der Waals surface area contributed by atoms with Crippen molar-refractivity contribution in [2.75, 3.05) is 0 Å². The summed E-state index contributed by atoms with van der Waals surface area (Å²) in [6, 6.07) is 6.20. The Morgan fingerprint density at radius 2 is 2.06 bits per heavy atom. The Hall–Kier alpha value is -3.32. The van der Waals surface area contributed by atoms with Gasteiger partial charge in [0.1, 0.15) is 11.3 Å². The second kappa shape index (κ2) is 7.67. The number of ketones is 1. The zero-order valence-corrected chi connectivity index (χ0v) is 18.2. The van der Waals surface area contributed by atoms with E-state index in [0.717, 1.165) is 39.6 Å². The molecule has 0 unspecified atom stereocenters. The minimum absolute atomic E-state index is 0.0516. The molecule has 6 rings (SSSR count). The zero-order valence-electron chi connectivity index (χ0n) is 17.4. The zero-order chi connectivity index (χ0) is 21.7. The molecule has 7 nitrogen and oxygen atoms in total. The van der Waals surface area contributed by atoms with Gasteiger partial charge in [0.05, 0.1) is 18.4 Å². The van der Waals surface area contributed by atoms with Crippen molar-refractivity contribution in [2.45, 2.75) is 44.6 Å². The van der Waals surface area contributed by atoms with Gasteiger partial charge in [0, 0.05) is 35.7 Å². The van der Waals surface area contributed by atoms with Crippen molar-refractivity contribution in [3.8, 4) is 0 Å². The number of hydrogen-bond donors (Lipinski definition) is 0. The van der Waals surface area contributed by atoms with Crippen molar-refractivity contribution in [1.29, 1.82) is 0 Å². The van der Waals surface area contributed by atoms with Gasteiger partial charge < -0.3 is 4.40 Å². The molecule has 0 atom stereocenters. The second-order valence-corrected chi connectivity index (χ2v) is 8.96. The summed E-state index contributed by atoms with van der Waals surface area (Å²) in [7, 11) is 0. The average Bonchev–Trinajstić information content (AvgIpc) is 3.24. The number of Topliss-reactive ketones (excluding diaryl/α,β-unsaturated/α-hetero) is 1. The molecular weight excluding hydrogens is 424 g/mol. The van der Waals surface area contributed by atoms with Crippen LogP contribution in [0.15, 0.2) is 49.1 Å². The minimum Gasteiger partial charge on any atom is -0.306 e. The predicted octanol–water partition coefficient (Wildman–Crippen LogP) is 4.20. The normalized spacial score (nSPS) is 15.2. The largest absolute Gasteiger partial charge is 0.306 e. The van der Waals surface area contributed by atoms with E-state index >= 15 is 0 Å². The van der Waals surface area contributed by atoms with Crippen molar-refractivity contribution < 1.29 is 4.79 Å². The number of imidazole rings is 1. The summed E-state index contributed by atoms with van der Waals surface area (Å²) < 4.78 is 3.73. The molecule has 0 N–H and O–H groups in total. The van der Waals surface area contributed by atoms with E-state index in [1.807, 2.05) is 24.5 Å². The maximum absolute atomic E-state index is 12.6. The lowest BCUT2D eigenvalue weighted by molar-refractivity contribution is 0.0977. The van der Waals surface area contributed by atoms with Gasteiger partial charge in [-0.2, -0.15) is 0 Å². The Morgan fingerprint density at radius 1 is 1.16 bits per heavy atom. The molecular formula is C24H21ClN6O. The van der Waals surface area contributed by atoms with Gasteiger partial charge in [-0.1, -0.05) is 29.0 Å². The van der Waals surface area contributed by atoms with Gasteiger partial charge in [0.2, 0.25) is 0 Å². The number of nitrogens with zero attached hydrogens (tertiary/aromatic N) is 6. The van der Waals surface area contributed by atoms with Gasteiger partial charge >= 0.3 is 0 Å². The maximum atomic E-state index is 12.6. The van der Waals surface area contributed by atoms with Crippen LogP contribution in [-0.2, 0) is 19.4 Å². The predicted molar refractivity (Wildman–Crippen MR) is 121 cm³/mol. The molecule has 1 saturated carbocycles. The quantitative estimate of drug-likeness (QED) is 0.399. The molecule has 160 valence electrons. The molecule has 0 bridgehead atoms. The lowest BCUT2D eigenvalue weighted by Crippen LogP contribution is -2.04. The van der Waals surface area contributed by atoms with Crippen LogP contribution >= 0.6 is 11.6 Å². The molecule has 2 aliphatic carbocycles. The first kappa shape index (κ1) is 19.4. The summed E-state index contributed by atoms with van der Waals surface area (Å²) in [5, 5.41) is 8.96. The number of pyridine rings is 2. The van der Waals surface area contributed by atoms with Crippen LogP contribution in [0, 0.1) is 0 Å². The number of fused-ring (bicyclic) bond motifs is 2. The summed E-state index contributed by atoms with van der Waals surface area (Å²) in [6.07, 6.45) is 13.9. The van der Waals surface area contributed by atoms with Crippen molar-refractivity contribution in [3.05, 3.63) is 82.8 Å². The topological polar surface area (TPSA) is 78.0 Å². The molecule has 32 heavy (non-hydrogen) atoms. The molecule has 0 saturated heterocycles. The van der Waals surface area contributed by atoms with Gasteiger partial charge in [0.25, 0.3) is 0 Å². The number of carbonyl (C=O) groups excluding carboxylic acids is 1. The molecule has 4 aromatic rings. The first-order valence-electron chi connectivity index (χ1n) is 10.9. The third-order valence-corrected chi connectivity index (χ3v) is 6.49. The highest BCUT2D eigenvalue weighted by Gasteiger charge is 2.23. The summed E-state index contributed by atoms with van der Waals surface area (Å²) in [5.41, 5.74) is 6.53. The van der Waals surface area contributed by atoms with Crippen molar-refractivity contribution in [3.63, 3.8) is 0 Å². The second-order valence-electron chi connectivity index (χ2n) is 8.55. The fourth-order valence-corrected chi connectivity index (χ4v) is 4.45. The summed E-state index contributed by atoms with van der Waals surface area (Å²) >= 11 is 6.23. The Morgan fingerprint density at radius 3 is 2.94 bits per heavy atom. The number of aryl methyl sites for hydroxylation is 1. The number of halogens is 1. The standard InChI is InChI=1S/C24H21ClN6O/c25-21-6-3-16-10-26-18(9-20(16)21)5-7-23(32)22-14-31(29-28-22)13-19-12-30-11-17(15-1-2-15)4-8-24(30)27-19/h4,6,8-12,14-15H,1-3,5,7,13H2. The fourth-order valence-electron chi connectivity index (χ4n) is 4.19. The number of allylic oxidation sites excluding steroid dienone is 1. The number of hydrogen-bond acceptors (Lipinski definition) is 5. The van der Waals surface area contributed by atoms with Crippen LogP contribution in [0.1, 0.15) is 63.7 Å². The lowest BCUT2D eigenvalue weighted by Gasteiger charge is -2.04. The van der Waals surface area contributed by atoms with Crippen LogP contribution in [0.2, 0.25) is 0 Å². The smallest absolute Gasteiger partial charge is 0.185 e. The van der Waals surface area contributed by atoms with Crippen LogP contribution in [0.3, 0.4) is 0 Å². The van der Waals surface area contributed by atoms with Crippen molar-refractivity contribution in [1.82, 2.24) is 29.4 Å². The highest BCUT2D eigenvalue weighted by molar-refractivity contribution is 6.49. The van der Waals surface area contributed by atoms with E-state index < -0.39 is 0 Å². The van der Waals surface area contributed by atoms with E-state index in [1.165, 1.54) is 18.4 Å². The van der Waals surface area contributed by atoms with Crippen LogP contribution < -0.4 is 0 Å². The Kier molecular flexibility index (Phi) is 4.64. The van der Waals surface area contributed by atoms with E-state index in [4.69, 9.17) is 11.6 Å². The van der Waals surface area contributed by atoms with Gasteiger partial charge in [-0.25, -0.2) is 9.67 Å². The van der Waals surface area contributed by atoms with Gasteiger partial charge in [-0.3, -0.25) is 9.78 Å². The first-order valence-corrected chi connectivity index (χ1v) is 11.2. The molecule has 1 fully saturated rings. The van der Waals surface area contributed by atoms with Crippen LogP contribution in [0.4, 0.5) is 0 Å². The van der Waals surface area contributed by atoms with E-state index in [0.29, 0.717) is 31.0 Å². The van der Waals surface area contributed by atoms with Crippen molar-refractivity contribution >= 4 is 28.1 Å². The number of aromatic nitrogens is 6. The summed E-state index contributed by atoms with van der Waals surface area (Å²) in [5.74, 6) is 0.652. The molecule has 4 heterocycles. The van der Waals surface area contributed by atoms with E-state index in [-0.39, 0.29) is 5.78 Å². The van der Waals surface area contributed by atoms with Crippen LogP contribution in [0.5, 0.6) is 0 Å². The van der Waals surface area contributed by atoms with Gasteiger partial charge in [-0.15, -0.1) is 5.10 Å². The van der Waals surface area contributed by atoms with E-state index in [2.05, 4.69) is 43.0 Å². The monoisotopic (exact) mass is 444 g/mol. The Bertz CT molecular complexity index is 1380. The lowest BCUT2D eigenvalue weighted by atomic mass is 10.1. The van der Waals surface area contributed by atoms with Gasteiger partial charge in [0.15, 0.2) is 5.78 Å². The number of carbonyl (C=O) groups is 1. The Balaban J connectivity index is 1.11. The van der Waals surface area contributed by atoms with Crippen molar-refractivity contribution in [2.24, 2.45) is 0 Å². The van der Waals surface area contributed by atoms with Crippen LogP contribution in [-0.4, -0.2) is 35.1 Å². The molecule has 0 aromatic carbocycles. The summed E-state index contributed by atoms with van der Waals surface area (Å²) in [6.45, 7) is 0.470. The Labute approximate surface area is 189 Å². The summed E-state index contributed by atoms with van der Waals surface area (Å²) in [4.78, 5) is 21.7. The van der Waals surface area contributed by atoms with Crippen LogP contribution in [0.25, 0.3) is 10.7 Å². The molecule has 0 radical (unpaired) electrons. The number of rotatable bonds is 7. The maximum Gasteiger partial charge on any atom is 0.185 e. The molecule has 0 aliphatic heterocycles. The molecule has 2 aliphatic rings. The average molecular weight is 445 g/mol. The SMILES string of the molecule is O=C(CCc1cc2c(cn1)CC=C2Cl)c1cn(Cc2cn3cc(C4CC4)ccc3n2)nn1. The third-order valence-electron chi connectivity index (χ3n) is 6.13. The molecule has 0 spiro atoms. The molecule has 8 heteroatoms. The first-order chi connectivity index (χ1) is 15.6. The van der Waals surface area contributed by atoms with Gasteiger partial charge in [-0.05, 0) is 60.4 Å².